The van der Waals surface area contributed by atoms with Crippen LogP contribution in [0.15, 0.2) is 24.3 Å². The minimum absolute atomic E-state index is 0.238. The molecular formula is C14H21NO2S. The Kier molecular flexibility index (Phi) is 4.07. The van der Waals surface area contributed by atoms with Gasteiger partial charge in [0.2, 0.25) is 10.0 Å². The molecule has 1 aromatic rings. The van der Waals surface area contributed by atoms with Crippen LogP contribution in [0, 0.1) is 6.92 Å². The van der Waals surface area contributed by atoms with Crippen LogP contribution in [-0.2, 0) is 16.6 Å². The van der Waals surface area contributed by atoms with E-state index in [-0.39, 0.29) is 11.8 Å². The van der Waals surface area contributed by atoms with Crippen LogP contribution in [0.25, 0.3) is 0 Å². The number of sulfonamides is 1. The molecule has 0 radical (unpaired) electrons. The molecule has 1 aliphatic carbocycles. The molecule has 0 heterocycles. The molecule has 100 valence electrons. The molecule has 0 atom stereocenters. The molecule has 0 amide bonds. The number of benzene rings is 1. The highest BCUT2D eigenvalue weighted by atomic mass is 32.2. The molecule has 0 aliphatic heterocycles. The highest BCUT2D eigenvalue weighted by molar-refractivity contribution is 7.89. The molecule has 0 unspecified atom stereocenters. The zero-order valence-corrected chi connectivity index (χ0v) is 11.9. The Labute approximate surface area is 110 Å². The average molecular weight is 267 g/mol. The Morgan fingerprint density at radius 1 is 1.33 bits per heavy atom. The summed E-state index contributed by atoms with van der Waals surface area (Å²) in [7, 11) is -3.09. The SMILES string of the molecule is CCCS(=O)(=O)N(Cc1cccc(C)c1)C1CC1. The zero-order valence-electron chi connectivity index (χ0n) is 11.1. The van der Waals surface area contributed by atoms with Crippen molar-refractivity contribution < 1.29 is 8.42 Å². The number of hydrogen-bond acceptors (Lipinski definition) is 2. The minimum atomic E-state index is -3.09. The molecule has 1 aliphatic rings. The predicted octanol–water partition coefficient (Wildman–Crippen LogP) is 2.70. The monoisotopic (exact) mass is 267 g/mol. The minimum Gasteiger partial charge on any atom is -0.212 e. The van der Waals surface area contributed by atoms with Crippen molar-refractivity contribution in [3.8, 4) is 0 Å². The lowest BCUT2D eigenvalue weighted by Crippen LogP contribution is -2.34. The molecule has 0 spiro atoms. The van der Waals surface area contributed by atoms with Crippen LogP contribution in [0.2, 0.25) is 0 Å². The first-order chi connectivity index (χ1) is 8.53. The third-order valence-electron chi connectivity index (χ3n) is 3.19. The molecule has 0 saturated heterocycles. The van der Waals surface area contributed by atoms with Crippen LogP contribution in [0.3, 0.4) is 0 Å². The van der Waals surface area contributed by atoms with Crippen molar-refractivity contribution in [2.45, 2.75) is 45.7 Å². The summed E-state index contributed by atoms with van der Waals surface area (Å²) in [6.07, 6.45) is 2.70. The summed E-state index contributed by atoms with van der Waals surface area (Å²) in [5.41, 5.74) is 2.26. The van der Waals surface area contributed by atoms with E-state index in [9.17, 15) is 8.42 Å². The van der Waals surface area contributed by atoms with Gasteiger partial charge in [0, 0.05) is 12.6 Å². The van der Waals surface area contributed by atoms with Crippen molar-refractivity contribution in [3.05, 3.63) is 35.4 Å². The third kappa shape index (κ3) is 3.33. The molecule has 1 fully saturated rings. The Bertz CT molecular complexity index is 506. The average Bonchev–Trinajstić information content (AvgIpc) is 3.09. The molecule has 2 rings (SSSR count). The Balaban J connectivity index is 2.17. The van der Waals surface area contributed by atoms with E-state index in [2.05, 4.69) is 6.07 Å². The van der Waals surface area contributed by atoms with Gasteiger partial charge in [0.1, 0.15) is 0 Å². The second kappa shape index (κ2) is 5.41. The number of rotatable bonds is 6. The van der Waals surface area contributed by atoms with Gasteiger partial charge >= 0.3 is 0 Å². The van der Waals surface area contributed by atoms with Crippen LogP contribution in [0.1, 0.15) is 37.3 Å². The topological polar surface area (TPSA) is 37.4 Å². The summed E-state index contributed by atoms with van der Waals surface area (Å²) in [6, 6.07) is 8.33. The van der Waals surface area contributed by atoms with Crippen molar-refractivity contribution in [2.75, 3.05) is 5.75 Å². The van der Waals surface area contributed by atoms with Crippen molar-refractivity contribution in [1.29, 1.82) is 0 Å². The molecular weight excluding hydrogens is 246 g/mol. The summed E-state index contributed by atoms with van der Waals surface area (Å²) >= 11 is 0. The second-order valence-corrected chi connectivity index (χ2v) is 7.12. The van der Waals surface area contributed by atoms with Crippen LogP contribution in [-0.4, -0.2) is 24.5 Å². The second-order valence-electron chi connectivity index (χ2n) is 5.08. The van der Waals surface area contributed by atoms with E-state index < -0.39 is 10.0 Å². The molecule has 4 heteroatoms. The van der Waals surface area contributed by atoms with E-state index in [1.165, 1.54) is 5.56 Å². The summed E-state index contributed by atoms with van der Waals surface area (Å²) in [5.74, 6) is 0.259. The fourth-order valence-electron chi connectivity index (χ4n) is 2.18. The van der Waals surface area contributed by atoms with E-state index in [4.69, 9.17) is 0 Å². The highest BCUT2D eigenvalue weighted by Gasteiger charge is 2.36. The maximum absolute atomic E-state index is 12.2. The zero-order chi connectivity index (χ0) is 13.2. The largest absolute Gasteiger partial charge is 0.214 e. The van der Waals surface area contributed by atoms with Gasteiger partial charge in [-0.05, 0) is 31.7 Å². The van der Waals surface area contributed by atoms with Gasteiger partial charge in [-0.1, -0.05) is 36.8 Å². The number of hydrogen-bond donors (Lipinski definition) is 0. The predicted molar refractivity (Wildman–Crippen MR) is 73.8 cm³/mol. The molecule has 1 saturated carbocycles. The lowest BCUT2D eigenvalue weighted by Gasteiger charge is -2.21. The lowest BCUT2D eigenvalue weighted by atomic mass is 10.1. The molecule has 18 heavy (non-hydrogen) atoms. The quantitative estimate of drug-likeness (QED) is 0.794. The van der Waals surface area contributed by atoms with Crippen molar-refractivity contribution >= 4 is 10.0 Å². The van der Waals surface area contributed by atoms with Crippen molar-refractivity contribution in [2.24, 2.45) is 0 Å². The lowest BCUT2D eigenvalue weighted by molar-refractivity contribution is 0.398. The summed E-state index contributed by atoms with van der Waals surface area (Å²) < 4.78 is 26.2. The maximum atomic E-state index is 12.2. The Morgan fingerprint density at radius 3 is 2.61 bits per heavy atom. The smallest absolute Gasteiger partial charge is 0.212 e. The Morgan fingerprint density at radius 2 is 2.06 bits per heavy atom. The van der Waals surface area contributed by atoms with Crippen molar-refractivity contribution in [3.63, 3.8) is 0 Å². The van der Waals surface area contributed by atoms with Gasteiger partial charge in [-0.3, -0.25) is 0 Å². The first-order valence-corrected chi connectivity index (χ1v) is 8.19. The standard InChI is InChI=1S/C14H21NO2S/c1-3-9-18(16,17)15(14-7-8-14)11-13-6-4-5-12(2)10-13/h4-6,10,14H,3,7-9,11H2,1-2H3. The van der Waals surface area contributed by atoms with E-state index in [1.54, 1.807) is 4.31 Å². The van der Waals surface area contributed by atoms with Crippen LogP contribution in [0.4, 0.5) is 0 Å². The Hall–Kier alpha value is -0.870. The van der Waals surface area contributed by atoms with E-state index in [1.807, 2.05) is 32.0 Å². The van der Waals surface area contributed by atoms with Crippen LogP contribution < -0.4 is 0 Å². The number of nitrogens with zero attached hydrogens (tertiary/aromatic N) is 1. The molecule has 0 N–H and O–H groups in total. The molecule has 0 bridgehead atoms. The molecule has 0 aromatic heterocycles. The number of aryl methyl sites for hydroxylation is 1. The van der Waals surface area contributed by atoms with Gasteiger partial charge in [0.05, 0.1) is 5.75 Å². The summed E-state index contributed by atoms with van der Waals surface area (Å²) in [6.45, 7) is 4.47. The first-order valence-electron chi connectivity index (χ1n) is 6.58. The van der Waals surface area contributed by atoms with Crippen LogP contribution in [0.5, 0.6) is 0 Å². The van der Waals surface area contributed by atoms with Gasteiger partial charge in [-0.15, -0.1) is 0 Å². The summed E-state index contributed by atoms with van der Waals surface area (Å²) in [4.78, 5) is 0. The van der Waals surface area contributed by atoms with Gasteiger partial charge < -0.3 is 0 Å². The molecule has 3 nitrogen and oxygen atoms in total. The van der Waals surface area contributed by atoms with Crippen LogP contribution >= 0.6 is 0 Å². The third-order valence-corrected chi connectivity index (χ3v) is 5.26. The maximum Gasteiger partial charge on any atom is 0.214 e. The summed E-state index contributed by atoms with van der Waals surface area (Å²) in [5, 5.41) is 0. The van der Waals surface area contributed by atoms with E-state index >= 15 is 0 Å². The highest BCUT2D eigenvalue weighted by Crippen LogP contribution is 2.31. The van der Waals surface area contributed by atoms with Gasteiger partial charge in [-0.25, -0.2) is 8.42 Å². The fourth-order valence-corrected chi connectivity index (χ4v) is 3.94. The normalized spacial score (nSPS) is 16.2. The van der Waals surface area contributed by atoms with Crippen molar-refractivity contribution in [1.82, 2.24) is 4.31 Å². The van der Waals surface area contributed by atoms with E-state index in [0.717, 1.165) is 18.4 Å². The fraction of sp³-hybridized carbons (Fsp3) is 0.571. The van der Waals surface area contributed by atoms with Gasteiger partial charge in [0.25, 0.3) is 0 Å². The first kappa shape index (κ1) is 13.6. The van der Waals surface area contributed by atoms with E-state index in [0.29, 0.717) is 13.0 Å². The van der Waals surface area contributed by atoms with Gasteiger partial charge in [-0.2, -0.15) is 4.31 Å². The molecule has 1 aromatic carbocycles. The van der Waals surface area contributed by atoms with Gasteiger partial charge in [0.15, 0.2) is 0 Å².